The lowest BCUT2D eigenvalue weighted by Crippen LogP contribution is -2.40. The van der Waals surface area contributed by atoms with Crippen LogP contribution in [0.25, 0.3) is 11.1 Å². The maximum absolute atomic E-state index is 12.0. The Kier molecular flexibility index (Phi) is 8.25. The predicted molar refractivity (Wildman–Crippen MR) is 103 cm³/mol. The van der Waals surface area contributed by atoms with Gasteiger partial charge in [0.1, 0.15) is 5.75 Å². The molecule has 0 aliphatic heterocycles. The molecule has 0 fully saturated rings. The zero-order valence-electron chi connectivity index (χ0n) is 14.2. The van der Waals surface area contributed by atoms with Crippen LogP contribution in [0.5, 0.6) is 5.75 Å². The highest BCUT2D eigenvalue weighted by Gasteiger charge is 2.14. The minimum Gasteiger partial charge on any atom is -0.497 e. The third-order valence-electron chi connectivity index (χ3n) is 3.58. The van der Waals surface area contributed by atoms with Crippen molar-refractivity contribution in [3.8, 4) is 16.9 Å². The highest BCUT2D eigenvalue weighted by molar-refractivity contribution is 7.10. The highest BCUT2D eigenvalue weighted by atomic mass is 35.5. The Balaban J connectivity index is 0.00000288. The molecule has 132 valence electrons. The van der Waals surface area contributed by atoms with Gasteiger partial charge in [0.2, 0.25) is 5.91 Å². The second-order valence-corrected chi connectivity index (χ2v) is 6.98. The van der Waals surface area contributed by atoms with E-state index in [-0.39, 0.29) is 18.3 Å². The Bertz CT molecular complexity index is 641. The molecule has 4 nitrogen and oxygen atoms in total. The van der Waals surface area contributed by atoms with Gasteiger partial charge in [0, 0.05) is 4.88 Å². The van der Waals surface area contributed by atoms with Crippen molar-refractivity contribution in [2.24, 2.45) is 11.7 Å². The molecule has 2 aromatic rings. The number of carbonyl (C=O) groups is 1. The second-order valence-electron chi connectivity index (χ2n) is 5.98. The molecule has 3 N–H and O–H groups in total. The third-order valence-corrected chi connectivity index (χ3v) is 4.51. The fourth-order valence-electron chi connectivity index (χ4n) is 2.33. The standard InChI is InChI=1S/C18H24N2O2S.ClH/c1-12(2)8-17(19)18(21)20-10-16-9-14(11-23-16)13-4-6-15(22-3)7-5-13;/h4-7,9,11-12,17H,8,10,19H2,1-3H3,(H,20,21);1H/t17-;/m0./s1. The van der Waals surface area contributed by atoms with Gasteiger partial charge in [0.25, 0.3) is 0 Å². The van der Waals surface area contributed by atoms with E-state index in [0.717, 1.165) is 21.8 Å². The molecule has 1 aromatic carbocycles. The van der Waals surface area contributed by atoms with Gasteiger partial charge in [-0.3, -0.25) is 4.79 Å². The number of halogens is 1. The molecule has 1 aromatic heterocycles. The van der Waals surface area contributed by atoms with Crippen molar-refractivity contribution in [2.75, 3.05) is 7.11 Å². The predicted octanol–water partition coefficient (Wildman–Crippen LogP) is 3.84. The summed E-state index contributed by atoms with van der Waals surface area (Å²) in [6, 6.07) is 9.61. The van der Waals surface area contributed by atoms with Crippen LogP contribution < -0.4 is 15.8 Å². The number of hydrogen-bond donors (Lipinski definition) is 2. The van der Waals surface area contributed by atoms with E-state index in [1.54, 1.807) is 18.4 Å². The number of thiophene rings is 1. The third kappa shape index (κ3) is 5.82. The van der Waals surface area contributed by atoms with Gasteiger partial charge in [-0.1, -0.05) is 26.0 Å². The molecule has 0 aliphatic rings. The summed E-state index contributed by atoms with van der Waals surface area (Å²) in [5.74, 6) is 1.17. The van der Waals surface area contributed by atoms with Gasteiger partial charge in [-0.2, -0.15) is 0 Å². The maximum Gasteiger partial charge on any atom is 0.237 e. The topological polar surface area (TPSA) is 64.3 Å². The summed E-state index contributed by atoms with van der Waals surface area (Å²) >= 11 is 1.64. The number of rotatable bonds is 7. The fraction of sp³-hybridized carbons (Fsp3) is 0.389. The van der Waals surface area contributed by atoms with Gasteiger partial charge in [-0.05, 0) is 47.0 Å². The molecule has 0 bridgehead atoms. The summed E-state index contributed by atoms with van der Waals surface area (Å²) in [5, 5.41) is 5.01. The van der Waals surface area contributed by atoms with Crippen molar-refractivity contribution in [2.45, 2.75) is 32.9 Å². The smallest absolute Gasteiger partial charge is 0.237 e. The molecule has 0 saturated heterocycles. The molecule has 0 spiro atoms. The fourth-order valence-corrected chi connectivity index (χ4v) is 3.16. The van der Waals surface area contributed by atoms with E-state index in [2.05, 4.69) is 30.6 Å². The van der Waals surface area contributed by atoms with Gasteiger partial charge in [0.05, 0.1) is 19.7 Å². The van der Waals surface area contributed by atoms with E-state index >= 15 is 0 Å². The van der Waals surface area contributed by atoms with Crippen LogP contribution in [0.1, 0.15) is 25.1 Å². The lowest BCUT2D eigenvalue weighted by Gasteiger charge is -2.13. The van der Waals surface area contributed by atoms with Crippen LogP contribution in [0.2, 0.25) is 0 Å². The van der Waals surface area contributed by atoms with Crippen LogP contribution in [0.3, 0.4) is 0 Å². The Morgan fingerprint density at radius 3 is 2.50 bits per heavy atom. The average Bonchev–Trinajstić information content (AvgIpc) is 3.01. The van der Waals surface area contributed by atoms with Crippen LogP contribution in [-0.2, 0) is 11.3 Å². The number of ether oxygens (including phenoxy) is 1. The van der Waals surface area contributed by atoms with Crippen LogP contribution in [0.4, 0.5) is 0 Å². The Hall–Kier alpha value is -1.56. The lowest BCUT2D eigenvalue weighted by molar-refractivity contribution is -0.122. The first kappa shape index (κ1) is 20.5. The van der Waals surface area contributed by atoms with E-state index in [4.69, 9.17) is 10.5 Å². The van der Waals surface area contributed by atoms with Crippen molar-refractivity contribution in [1.29, 1.82) is 0 Å². The monoisotopic (exact) mass is 368 g/mol. The summed E-state index contributed by atoms with van der Waals surface area (Å²) in [5.41, 5.74) is 8.17. The van der Waals surface area contributed by atoms with Crippen molar-refractivity contribution in [3.05, 3.63) is 40.6 Å². The van der Waals surface area contributed by atoms with Gasteiger partial charge in [0.15, 0.2) is 0 Å². The number of hydrogen-bond acceptors (Lipinski definition) is 4. The van der Waals surface area contributed by atoms with E-state index in [0.29, 0.717) is 18.9 Å². The summed E-state index contributed by atoms with van der Waals surface area (Å²) in [6.45, 7) is 4.65. The molecule has 0 radical (unpaired) electrons. The van der Waals surface area contributed by atoms with Crippen molar-refractivity contribution in [3.63, 3.8) is 0 Å². The molecule has 24 heavy (non-hydrogen) atoms. The zero-order valence-corrected chi connectivity index (χ0v) is 15.9. The number of carbonyl (C=O) groups excluding carboxylic acids is 1. The Labute approximate surface area is 153 Å². The minimum absolute atomic E-state index is 0. The first-order valence-corrected chi connectivity index (χ1v) is 8.62. The molecule has 2 rings (SSSR count). The molecular weight excluding hydrogens is 344 g/mol. The van der Waals surface area contributed by atoms with E-state index < -0.39 is 6.04 Å². The minimum atomic E-state index is -0.434. The molecule has 0 aliphatic carbocycles. The number of nitrogens with two attached hydrogens (primary N) is 1. The molecule has 1 heterocycles. The lowest BCUT2D eigenvalue weighted by atomic mass is 10.0. The summed E-state index contributed by atoms with van der Waals surface area (Å²) in [6.07, 6.45) is 0.702. The van der Waals surface area contributed by atoms with Crippen LogP contribution >= 0.6 is 23.7 Å². The van der Waals surface area contributed by atoms with Gasteiger partial charge >= 0.3 is 0 Å². The molecule has 1 atom stereocenters. The molecule has 6 heteroatoms. The van der Waals surface area contributed by atoms with Crippen molar-refractivity contribution in [1.82, 2.24) is 5.32 Å². The maximum atomic E-state index is 12.0. The Morgan fingerprint density at radius 2 is 1.92 bits per heavy atom. The van der Waals surface area contributed by atoms with Gasteiger partial charge in [-0.15, -0.1) is 23.7 Å². The quantitative estimate of drug-likeness (QED) is 0.780. The SMILES string of the molecule is COc1ccc(-c2csc(CNC(=O)[C@@H](N)CC(C)C)c2)cc1.Cl. The van der Waals surface area contributed by atoms with Crippen LogP contribution in [0, 0.1) is 5.92 Å². The zero-order chi connectivity index (χ0) is 16.8. The van der Waals surface area contributed by atoms with Crippen molar-refractivity contribution >= 4 is 29.7 Å². The van der Waals surface area contributed by atoms with E-state index in [1.807, 2.05) is 24.3 Å². The number of benzene rings is 1. The Morgan fingerprint density at radius 1 is 1.25 bits per heavy atom. The summed E-state index contributed by atoms with van der Waals surface area (Å²) < 4.78 is 5.17. The van der Waals surface area contributed by atoms with E-state index in [1.165, 1.54) is 0 Å². The normalized spacial score (nSPS) is 11.7. The number of methoxy groups -OCH3 is 1. The van der Waals surface area contributed by atoms with Crippen molar-refractivity contribution < 1.29 is 9.53 Å². The summed E-state index contributed by atoms with van der Waals surface area (Å²) in [4.78, 5) is 13.1. The van der Waals surface area contributed by atoms with Crippen LogP contribution in [-0.4, -0.2) is 19.1 Å². The average molecular weight is 369 g/mol. The first-order chi connectivity index (χ1) is 11.0. The largest absolute Gasteiger partial charge is 0.497 e. The molecular formula is C18H25ClN2O2S. The molecule has 1 amide bonds. The second kappa shape index (κ2) is 9.67. The van der Waals surface area contributed by atoms with Gasteiger partial charge in [-0.25, -0.2) is 0 Å². The first-order valence-electron chi connectivity index (χ1n) is 7.74. The molecule has 0 unspecified atom stereocenters. The molecule has 0 saturated carbocycles. The highest BCUT2D eigenvalue weighted by Crippen LogP contribution is 2.27. The number of nitrogens with one attached hydrogen (secondary N) is 1. The van der Waals surface area contributed by atoms with E-state index in [9.17, 15) is 4.79 Å². The van der Waals surface area contributed by atoms with Gasteiger partial charge < -0.3 is 15.8 Å². The summed E-state index contributed by atoms with van der Waals surface area (Å²) in [7, 11) is 1.66. The van der Waals surface area contributed by atoms with Crippen LogP contribution in [0.15, 0.2) is 35.7 Å². The number of amides is 1.